The average molecular weight is 196 g/mol. The maximum atomic E-state index is 5.41. The van der Waals surface area contributed by atoms with Crippen molar-refractivity contribution in [1.82, 2.24) is 0 Å². The molecule has 0 bridgehead atoms. The van der Waals surface area contributed by atoms with Crippen LogP contribution in [0.4, 0.5) is 0 Å². The van der Waals surface area contributed by atoms with Crippen molar-refractivity contribution in [3.63, 3.8) is 0 Å². The standard InChI is InChI=1S/C10H12O4/c1-11-4-5-12-8-2-3-9-10(6-8)14-7-13-9/h2-3,6H,4-5,7H2,1H3. The molecule has 0 unspecified atom stereocenters. The first-order valence-electron chi connectivity index (χ1n) is 4.41. The van der Waals surface area contributed by atoms with Gasteiger partial charge in [-0.1, -0.05) is 0 Å². The first kappa shape index (κ1) is 9.15. The molecule has 2 rings (SSSR count). The van der Waals surface area contributed by atoms with Crippen LogP contribution in [-0.4, -0.2) is 27.1 Å². The summed E-state index contributed by atoms with van der Waals surface area (Å²) >= 11 is 0. The van der Waals surface area contributed by atoms with Crippen LogP contribution < -0.4 is 14.2 Å². The van der Waals surface area contributed by atoms with Gasteiger partial charge in [-0.2, -0.15) is 0 Å². The second-order valence-electron chi connectivity index (χ2n) is 2.86. The Morgan fingerprint density at radius 2 is 2.07 bits per heavy atom. The van der Waals surface area contributed by atoms with E-state index in [-0.39, 0.29) is 6.79 Å². The Morgan fingerprint density at radius 1 is 1.21 bits per heavy atom. The molecule has 0 fully saturated rings. The Labute approximate surface area is 82.3 Å². The van der Waals surface area contributed by atoms with E-state index in [9.17, 15) is 0 Å². The van der Waals surface area contributed by atoms with Crippen molar-refractivity contribution in [2.75, 3.05) is 27.1 Å². The molecule has 1 heterocycles. The fourth-order valence-electron chi connectivity index (χ4n) is 1.21. The highest BCUT2D eigenvalue weighted by Gasteiger charge is 2.13. The van der Waals surface area contributed by atoms with Gasteiger partial charge >= 0.3 is 0 Å². The van der Waals surface area contributed by atoms with E-state index in [4.69, 9.17) is 18.9 Å². The van der Waals surface area contributed by atoms with Crippen LogP contribution in [0.3, 0.4) is 0 Å². The van der Waals surface area contributed by atoms with E-state index in [1.165, 1.54) is 0 Å². The fourth-order valence-corrected chi connectivity index (χ4v) is 1.21. The van der Waals surface area contributed by atoms with E-state index in [0.29, 0.717) is 13.2 Å². The van der Waals surface area contributed by atoms with Gasteiger partial charge < -0.3 is 18.9 Å². The van der Waals surface area contributed by atoms with Crippen molar-refractivity contribution >= 4 is 0 Å². The SMILES string of the molecule is COCCOc1ccc2c(c1)OCO2. The quantitative estimate of drug-likeness (QED) is 0.683. The molecule has 0 atom stereocenters. The Balaban J connectivity index is 1.98. The first-order valence-corrected chi connectivity index (χ1v) is 4.41. The summed E-state index contributed by atoms with van der Waals surface area (Å²) in [5, 5.41) is 0. The maximum Gasteiger partial charge on any atom is 0.231 e. The third kappa shape index (κ3) is 1.90. The number of benzene rings is 1. The Kier molecular flexibility index (Phi) is 2.74. The Morgan fingerprint density at radius 3 is 2.93 bits per heavy atom. The summed E-state index contributed by atoms with van der Waals surface area (Å²) in [6.07, 6.45) is 0. The van der Waals surface area contributed by atoms with Crippen LogP contribution >= 0.6 is 0 Å². The van der Waals surface area contributed by atoms with E-state index in [2.05, 4.69) is 0 Å². The van der Waals surface area contributed by atoms with E-state index >= 15 is 0 Å². The van der Waals surface area contributed by atoms with Crippen LogP contribution in [-0.2, 0) is 4.74 Å². The Bertz CT molecular complexity index is 311. The molecule has 4 heteroatoms. The molecule has 1 aliphatic rings. The number of ether oxygens (including phenoxy) is 4. The summed E-state index contributed by atoms with van der Waals surface area (Å²) < 4.78 is 20.7. The summed E-state index contributed by atoms with van der Waals surface area (Å²) in [6.45, 7) is 1.40. The lowest BCUT2D eigenvalue weighted by Gasteiger charge is -2.05. The molecule has 76 valence electrons. The predicted molar refractivity (Wildman–Crippen MR) is 49.9 cm³/mol. The molecule has 0 N–H and O–H groups in total. The van der Waals surface area contributed by atoms with Gasteiger partial charge in [0, 0.05) is 13.2 Å². The van der Waals surface area contributed by atoms with Gasteiger partial charge in [-0.3, -0.25) is 0 Å². The van der Waals surface area contributed by atoms with Crippen molar-refractivity contribution in [2.45, 2.75) is 0 Å². The molecule has 0 spiro atoms. The van der Waals surface area contributed by atoms with Crippen molar-refractivity contribution in [1.29, 1.82) is 0 Å². The fraction of sp³-hybridized carbons (Fsp3) is 0.400. The molecule has 0 aromatic heterocycles. The molecule has 1 aromatic carbocycles. The van der Waals surface area contributed by atoms with Gasteiger partial charge in [0.05, 0.1) is 6.61 Å². The van der Waals surface area contributed by atoms with Gasteiger partial charge in [0.1, 0.15) is 12.4 Å². The summed E-state index contributed by atoms with van der Waals surface area (Å²) in [5.41, 5.74) is 0. The third-order valence-electron chi connectivity index (χ3n) is 1.90. The molecule has 0 radical (unpaired) electrons. The lowest BCUT2D eigenvalue weighted by Crippen LogP contribution is -2.03. The molecular formula is C10H12O4. The summed E-state index contributed by atoms with van der Waals surface area (Å²) in [7, 11) is 1.64. The summed E-state index contributed by atoms with van der Waals surface area (Å²) in [4.78, 5) is 0. The van der Waals surface area contributed by atoms with Crippen LogP contribution in [0.5, 0.6) is 17.2 Å². The monoisotopic (exact) mass is 196 g/mol. The molecule has 14 heavy (non-hydrogen) atoms. The molecule has 0 amide bonds. The lowest BCUT2D eigenvalue weighted by molar-refractivity contribution is 0.146. The highest BCUT2D eigenvalue weighted by atomic mass is 16.7. The average Bonchev–Trinajstić information content (AvgIpc) is 2.65. The molecular weight excluding hydrogens is 184 g/mol. The minimum atomic E-state index is 0.289. The maximum absolute atomic E-state index is 5.41. The number of hydrogen-bond donors (Lipinski definition) is 0. The van der Waals surface area contributed by atoms with E-state index in [0.717, 1.165) is 17.2 Å². The topological polar surface area (TPSA) is 36.9 Å². The highest BCUT2D eigenvalue weighted by Crippen LogP contribution is 2.34. The zero-order chi connectivity index (χ0) is 9.80. The number of hydrogen-bond acceptors (Lipinski definition) is 4. The summed E-state index contributed by atoms with van der Waals surface area (Å²) in [5.74, 6) is 2.27. The van der Waals surface area contributed by atoms with Gasteiger partial charge in [-0.25, -0.2) is 0 Å². The molecule has 1 aromatic rings. The first-order chi connectivity index (χ1) is 6.90. The molecule has 4 nitrogen and oxygen atoms in total. The van der Waals surface area contributed by atoms with Crippen molar-refractivity contribution in [3.05, 3.63) is 18.2 Å². The van der Waals surface area contributed by atoms with Gasteiger partial charge in [-0.15, -0.1) is 0 Å². The zero-order valence-electron chi connectivity index (χ0n) is 7.99. The largest absolute Gasteiger partial charge is 0.491 e. The summed E-state index contributed by atoms with van der Waals surface area (Å²) in [6, 6.07) is 5.51. The van der Waals surface area contributed by atoms with Crippen molar-refractivity contribution < 1.29 is 18.9 Å². The minimum Gasteiger partial charge on any atom is -0.491 e. The Hall–Kier alpha value is -1.42. The van der Waals surface area contributed by atoms with Gasteiger partial charge in [-0.05, 0) is 12.1 Å². The number of methoxy groups -OCH3 is 1. The van der Waals surface area contributed by atoms with Crippen molar-refractivity contribution in [2.24, 2.45) is 0 Å². The third-order valence-corrected chi connectivity index (χ3v) is 1.90. The van der Waals surface area contributed by atoms with E-state index < -0.39 is 0 Å². The van der Waals surface area contributed by atoms with Gasteiger partial charge in [0.25, 0.3) is 0 Å². The normalized spacial score (nSPS) is 12.9. The second kappa shape index (κ2) is 4.19. The van der Waals surface area contributed by atoms with Crippen LogP contribution in [0.2, 0.25) is 0 Å². The number of fused-ring (bicyclic) bond motifs is 1. The van der Waals surface area contributed by atoms with Gasteiger partial charge in [0.2, 0.25) is 6.79 Å². The number of rotatable bonds is 4. The molecule has 1 aliphatic heterocycles. The van der Waals surface area contributed by atoms with Crippen LogP contribution in [0, 0.1) is 0 Å². The molecule has 0 aliphatic carbocycles. The lowest BCUT2D eigenvalue weighted by atomic mass is 10.3. The smallest absolute Gasteiger partial charge is 0.231 e. The van der Waals surface area contributed by atoms with E-state index in [1.54, 1.807) is 7.11 Å². The van der Waals surface area contributed by atoms with Crippen LogP contribution in [0.15, 0.2) is 18.2 Å². The zero-order valence-corrected chi connectivity index (χ0v) is 7.99. The molecule has 0 saturated heterocycles. The van der Waals surface area contributed by atoms with Gasteiger partial charge in [0.15, 0.2) is 11.5 Å². The predicted octanol–water partition coefficient (Wildman–Crippen LogP) is 1.44. The second-order valence-corrected chi connectivity index (χ2v) is 2.86. The minimum absolute atomic E-state index is 0.289. The van der Waals surface area contributed by atoms with Crippen molar-refractivity contribution in [3.8, 4) is 17.2 Å². The van der Waals surface area contributed by atoms with E-state index in [1.807, 2.05) is 18.2 Å². The van der Waals surface area contributed by atoms with Crippen LogP contribution in [0.25, 0.3) is 0 Å². The highest BCUT2D eigenvalue weighted by molar-refractivity contribution is 5.46. The molecule has 0 saturated carbocycles. The van der Waals surface area contributed by atoms with Crippen LogP contribution in [0.1, 0.15) is 0 Å².